The smallest absolute Gasteiger partial charge is 0.338 e. The van der Waals surface area contributed by atoms with Crippen LogP contribution < -0.4 is 10.1 Å². The Balaban J connectivity index is 1.85. The molecule has 180 valence electrons. The summed E-state index contributed by atoms with van der Waals surface area (Å²) in [4.78, 5) is 17.6. The van der Waals surface area contributed by atoms with Gasteiger partial charge in [-0.05, 0) is 44.4 Å². The van der Waals surface area contributed by atoms with Gasteiger partial charge in [0.15, 0.2) is 0 Å². The third kappa shape index (κ3) is 6.53. The van der Waals surface area contributed by atoms with Crippen LogP contribution in [0.15, 0.2) is 40.7 Å². The van der Waals surface area contributed by atoms with Crippen molar-refractivity contribution in [3.05, 3.63) is 41.1 Å². The fourth-order valence-corrected chi connectivity index (χ4v) is 4.66. The van der Waals surface area contributed by atoms with E-state index >= 15 is 0 Å². The Kier molecular flexibility index (Phi) is 9.66. The first-order valence-corrected chi connectivity index (χ1v) is 13.0. The molecule has 0 radical (unpaired) electrons. The molecule has 0 bridgehead atoms. The van der Waals surface area contributed by atoms with Gasteiger partial charge in [-0.15, -0.1) is 5.10 Å². The number of hydrogen-bond acceptors (Lipinski definition) is 7. The van der Waals surface area contributed by atoms with Crippen LogP contribution in [0.5, 0.6) is 5.75 Å². The van der Waals surface area contributed by atoms with Crippen molar-refractivity contribution in [2.75, 3.05) is 24.3 Å². The second-order valence-electron chi connectivity index (χ2n) is 8.13. The highest BCUT2D eigenvalue weighted by Gasteiger charge is 2.35. The van der Waals surface area contributed by atoms with Crippen LogP contribution in [0.2, 0.25) is 0 Å². The monoisotopic (exact) mass is 472 g/mol. The van der Waals surface area contributed by atoms with Crippen molar-refractivity contribution >= 4 is 23.7 Å². The predicted octanol–water partition coefficient (Wildman–Crippen LogP) is 5.98. The number of thioether (sulfide) groups is 1. The molecule has 2 heterocycles. The van der Waals surface area contributed by atoms with Crippen molar-refractivity contribution in [1.29, 1.82) is 0 Å². The maximum atomic E-state index is 12.9. The number of ether oxygens (including phenoxy) is 2. The maximum absolute atomic E-state index is 12.9. The minimum atomic E-state index is -0.410. The molecular weight excluding hydrogens is 436 g/mol. The molecule has 1 aromatic carbocycles. The summed E-state index contributed by atoms with van der Waals surface area (Å²) in [6.07, 6.45) is 6.92. The van der Waals surface area contributed by atoms with E-state index in [-0.39, 0.29) is 5.97 Å². The molecule has 1 aliphatic rings. The Morgan fingerprint density at radius 1 is 1.09 bits per heavy atom. The molecule has 2 aromatic rings. The lowest BCUT2D eigenvalue weighted by Gasteiger charge is -2.28. The number of unbranched alkanes of at least 4 members (excludes halogenated alkanes) is 4. The summed E-state index contributed by atoms with van der Waals surface area (Å²) in [6.45, 7) is 9.10. The van der Waals surface area contributed by atoms with E-state index < -0.39 is 6.04 Å². The second-order valence-corrected chi connectivity index (χ2v) is 9.19. The van der Waals surface area contributed by atoms with Crippen LogP contribution in [-0.4, -0.2) is 39.7 Å². The molecule has 7 nitrogen and oxygen atoms in total. The average molecular weight is 473 g/mol. The molecular formula is C25H36N4O3S. The number of fused-ring (bicyclic) bond motifs is 1. The van der Waals surface area contributed by atoms with E-state index in [0.29, 0.717) is 29.9 Å². The van der Waals surface area contributed by atoms with Crippen LogP contribution in [0.25, 0.3) is 0 Å². The van der Waals surface area contributed by atoms with Gasteiger partial charge in [-0.2, -0.15) is 4.98 Å². The van der Waals surface area contributed by atoms with Gasteiger partial charge < -0.3 is 14.8 Å². The van der Waals surface area contributed by atoms with Crippen molar-refractivity contribution in [2.45, 2.75) is 77.4 Å². The van der Waals surface area contributed by atoms with Gasteiger partial charge in [0, 0.05) is 11.4 Å². The van der Waals surface area contributed by atoms with Crippen LogP contribution in [0, 0.1) is 0 Å². The number of benzene rings is 1. The van der Waals surface area contributed by atoms with E-state index in [1.54, 1.807) is 16.4 Å². The molecule has 1 N–H and O–H groups in total. The normalized spacial score (nSPS) is 15.2. The highest BCUT2D eigenvalue weighted by atomic mass is 32.2. The molecule has 0 saturated heterocycles. The number of allylic oxidation sites excluding steroid dienone is 1. The summed E-state index contributed by atoms with van der Waals surface area (Å²) in [5, 5.41) is 8.70. The minimum Gasteiger partial charge on any atom is -0.494 e. The third-order valence-electron chi connectivity index (χ3n) is 5.52. The lowest BCUT2D eigenvalue weighted by Crippen LogP contribution is -2.29. The van der Waals surface area contributed by atoms with Crippen molar-refractivity contribution < 1.29 is 14.3 Å². The molecule has 0 saturated carbocycles. The highest BCUT2D eigenvalue weighted by Crippen LogP contribution is 2.37. The Hall–Kier alpha value is -2.48. The average Bonchev–Trinajstić information content (AvgIpc) is 3.21. The van der Waals surface area contributed by atoms with Gasteiger partial charge in [0.1, 0.15) is 11.8 Å². The lowest BCUT2D eigenvalue weighted by molar-refractivity contribution is -0.139. The van der Waals surface area contributed by atoms with E-state index in [2.05, 4.69) is 24.1 Å². The highest BCUT2D eigenvalue weighted by molar-refractivity contribution is 7.99. The minimum absolute atomic E-state index is 0.315. The van der Waals surface area contributed by atoms with Crippen molar-refractivity contribution in [1.82, 2.24) is 14.8 Å². The van der Waals surface area contributed by atoms with E-state index in [1.165, 1.54) is 19.3 Å². The zero-order valence-corrected chi connectivity index (χ0v) is 21.0. The van der Waals surface area contributed by atoms with Gasteiger partial charge in [0.05, 0.1) is 18.8 Å². The van der Waals surface area contributed by atoms with Crippen LogP contribution in [-0.2, 0) is 9.53 Å². The van der Waals surface area contributed by atoms with Crippen molar-refractivity contribution in [3.63, 3.8) is 0 Å². The molecule has 0 spiro atoms. The fourth-order valence-electron chi connectivity index (χ4n) is 3.75. The molecule has 1 aromatic heterocycles. The van der Waals surface area contributed by atoms with Gasteiger partial charge in [-0.25, -0.2) is 9.48 Å². The number of nitrogens with zero attached hydrogens (tertiary/aromatic N) is 3. The maximum Gasteiger partial charge on any atom is 0.338 e. The molecule has 1 unspecified atom stereocenters. The Morgan fingerprint density at radius 2 is 1.85 bits per heavy atom. The largest absolute Gasteiger partial charge is 0.494 e. The number of esters is 1. The fraction of sp³-hybridized carbons (Fsp3) is 0.560. The number of nitrogens with one attached hydrogen (secondary N) is 1. The summed E-state index contributed by atoms with van der Waals surface area (Å²) in [5.74, 6) is 2.09. The van der Waals surface area contributed by atoms with Crippen LogP contribution in [0.4, 0.5) is 5.95 Å². The first-order chi connectivity index (χ1) is 16.1. The van der Waals surface area contributed by atoms with E-state index in [0.717, 1.165) is 42.0 Å². The van der Waals surface area contributed by atoms with Gasteiger partial charge in [-0.1, -0.05) is 63.4 Å². The summed E-state index contributed by atoms with van der Waals surface area (Å²) < 4.78 is 13.1. The summed E-state index contributed by atoms with van der Waals surface area (Å²) in [7, 11) is 0. The molecule has 3 rings (SSSR count). The standard InChI is InChI=1S/C25H36N4O3S/c1-5-8-10-11-16-32-20-14-12-19(13-15-20)22-21(23(30)31-7-3)18(4)26-24-27-25(28-29(22)24)33-17-9-6-2/h12-15,22H,5-11,16-17H2,1-4H3,(H,26,27,28). The topological polar surface area (TPSA) is 78.3 Å². The number of aromatic nitrogens is 3. The van der Waals surface area contributed by atoms with Crippen molar-refractivity contribution in [2.24, 2.45) is 0 Å². The van der Waals surface area contributed by atoms with Gasteiger partial charge in [-0.3, -0.25) is 0 Å². The zero-order valence-electron chi connectivity index (χ0n) is 20.2. The van der Waals surface area contributed by atoms with E-state index in [4.69, 9.17) is 14.6 Å². The predicted molar refractivity (Wildman–Crippen MR) is 133 cm³/mol. The lowest BCUT2D eigenvalue weighted by atomic mass is 9.96. The Morgan fingerprint density at radius 3 is 2.55 bits per heavy atom. The van der Waals surface area contributed by atoms with Crippen LogP contribution in [0.1, 0.15) is 77.8 Å². The molecule has 0 aliphatic carbocycles. The zero-order chi connectivity index (χ0) is 23.6. The second kappa shape index (κ2) is 12.7. The Labute approximate surface area is 201 Å². The number of carbonyl (C=O) groups excluding carboxylic acids is 1. The Bertz CT molecular complexity index is 940. The quantitative estimate of drug-likeness (QED) is 0.218. The molecule has 0 fully saturated rings. The number of rotatable bonds is 13. The van der Waals surface area contributed by atoms with Crippen molar-refractivity contribution in [3.8, 4) is 5.75 Å². The third-order valence-corrected chi connectivity index (χ3v) is 6.44. The van der Waals surface area contributed by atoms with Crippen LogP contribution >= 0.6 is 11.8 Å². The number of carbonyl (C=O) groups is 1. The first kappa shape index (κ1) is 25.1. The summed E-state index contributed by atoms with van der Waals surface area (Å²) >= 11 is 1.64. The molecule has 8 heteroatoms. The molecule has 33 heavy (non-hydrogen) atoms. The van der Waals surface area contributed by atoms with Gasteiger partial charge in [0.2, 0.25) is 11.1 Å². The SMILES string of the molecule is CCCCCCOc1ccc(C2C(C(=O)OCC)=C(C)Nc3nc(SCCCC)nn32)cc1. The number of hydrogen-bond donors (Lipinski definition) is 1. The van der Waals surface area contributed by atoms with Gasteiger partial charge >= 0.3 is 5.97 Å². The summed E-state index contributed by atoms with van der Waals surface area (Å²) in [5.41, 5.74) is 2.22. The number of anilines is 1. The molecule has 1 aliphatic heterocycles. The molecule has 0 amide bonds. The first-order valence-electron chi connectivity index (χ1n) is 12.1. The van der Waals surface area contributed by atoms with E-state index in [1.807, 2.05) is 38.1 Å². The molecule has 1 atom stereocenters. The van der Waals surface area contributed by atoms with E-state index in [9.17, 15) is 4.79 Å². The van der Waals surface area contributed by atoms with Crippen LogP contribution in [0.3, 0.4) is 0 Å². The van der Waals surface area contributed by atoms with Gasteiger partial charge in [0.25, 0.3) is 0 Å². The summed E-state index contributed by atoms with van der Waals surface area (Å²) in [6, 6.07) is 7.51.